The first-order valence-corrected chi connectivity index (χ1v) is 7.33. The van der Waals surface area contributed by atoms with E-state index >= 15 is 0 Å². The van der Waals surface area contributed by atoms with E-state index in [0.717, 1.165) is 5.69 Å². The van der Waals surface area contributed by atoms with Crippen molar-refractivity contribution in [3.05, 3.63) is 16.6 Å². The van der Waals surface area contributed by atoms with Gasteiger partial charge in [-0.1, -0.05) is 0 Å². The molecule has 0 saturated heterocycles. The molecule has 2 unspecified atom stereocenters. The lowest BCUT2D eigenvalue weighted by atomic mass is 10.2. The van der Waals surface area contributed by atoms with Crippen molar-refractivity contribution in [2.24, 2.45) is 0 Å². The van der Waals surface area contributed by atoms with Crippen LogP contribution in [0.3, 0.4) is 0 Å². The fourth-order valence-electron chi connectivity index (χ4n) is 1.45. The lowest BCUT2D eigenvalue weighted by Crippen LogP contribution is -2.43. The molecule has 2 N–H and O–H groups in total. The van der Waals surface area contributed by atoms with Crippen LogP contribution in [0.25, 0.3) is 0 Å². The molecule has 0 aliphatic rings. The van der Waals surface area contributed by atoms with Crippen molar-refractivity contribution in [2.45, 2.75) is 52.3 Å². The highest BCUT2D eigenvalue weighted by Crippen LogP contribution is 2.11. The third-order valence-electron chi connectivity index (χ3n) is 2.39. The van der Waals surface area contributed by atoms with Crippen LogP contribution in [0.2, 0.25) is 0 Å². The molecule has 0 spiro atoms. The maximum atomic E-state index is 11.6. The van der Waals surface area contributed by atoms with Gasteiger partial charge in [0.05, 0.1) is 11.2 Å². The van der Waals surface area contributed by atoms with Crippen LogP contribution in [-0.4, -0.2) is 29.3 Å². The van der Waals surface area contributed by atoms with Crippen LogP contribution in [0.1, 0.15) is 46.4 Å². The molecule has 0 radical (unpaired) electrons. The SMILES string of the molecule is CC(CNC(C)c1cscn1)NC(=O)OC(C)(C)C. The molecular weight excluding hydrogens is 262 g/mol. The van der Waals surface area contributed by atoms with Crippen LogP contribution in [0.5, 0.6) is 0 Å². The maximum Gasteiger partial charge on any atom is 0.407 e. The Balaban J connectivity index is 2.28. The van der Waals surface area contributed by atoms with Gasteiger partial charge in [0.1, 0.15) is 5.60 Å². The molecule has 5 nitrogen and oxygen atoms in total. The molecular formula is C13H23N3O2S. The topological polar surface area (TPSA) is 63.2 Å². The van der Waals surface area contributed by atoms with Crippen molar-refractivity contribution < 1.29 is 9.53 Å². The second-order valence-corrected chi connectivity index (χ2v) is 6.31. The first-order valence-electron chi connectivity index (χ1n) is 6.39. The summed E-state index contributed by atoms with van der Waals surface area (Å²) in [7, 11) is 0. The summed E-state index contributed by atoms with van der Waals surface area (Å²) >= 11 is 1.58. The summed E-state index contributed by atoms with van der Waals surface area (Å²) in [6.45, 7) is 10.2. The molecule has 1 rings (SSSR count). The van der Waals surface area contributed by atoms with Gasteiger partial charge in [0.15, 0.2) is 0 Å². The Morgan fingerprint density at radius 3 is 2.68 bits per heavy atom. The first-order chi connectivity index (χ1) is 8.78. The van der Waals surface area contributed by atoms with Gasteiger partial charge in [-0.2, -0.15) is 0 Å². The minimum absolute atomic E-state index is 0.00376. The summed E-state index contributed by atoms with van der Waals surface area (Å²) in [6.07, 6.45) is -0.386. The molecule has 0 aromatic carbocycles. The van der Waals surface area contributed by atoms with Gasteiger partial charge in [-0.15, -0.1) is 11.3 Å². The van der Waals surface area contributed by atoms with Crippen LogP contribution < -0.4 is 10.6 Å². The number of carbonyl (C=O) groups excluding carboxylic acids is 1. The van der Waals surface area contributed by atoms with E-state index in [1.807, 2.05) is 38.6 Å². The maximum absolute atomic E-state index is 11.6. The number of nitrogens with zero attached hydrogens (tertiary/aromatic N) is 1. The third-order valence-corrected chi connectivity index (χ3v) is 2.99. The van der Waals surface area contributed by atoms with Crippen molar-refractivity contribution in [1.82, 2.24) is 15.6 Å². The van der Waals surface area contributed by atoms with E-state index in [4.69, 9.17) is 4.74 Å². The molecule has 1 aromatic rings. The molecule has 1 aromatic heterocycles. The van der Waals surface area contributed by atoms with E-state index in [1.54, 1.807) is 11.3 Å². The Labute approximate surface area is 118 Å². The molecule has 1 amide bonds. The summed E-state index contributed by atoms with van der Waals surface area (Å²) < 4.78 is 5.20. The fourth-order valence-corrected chi connectivity index (χ4v) is 2.10. The molecule has 2 atom stereocenters. The van der Waals surface area contributed by atoms with E-state index in [-0.39, 0.29) is 18.2 Å². The minimum atomic E-state index is -0.467. The van der Waals surface area contributed by atoms with Crippen LogP contribution in [0.15, 0.2) is 10.9 Å². The second-order valence-electron chi connectivity index (χ2n) is 5.59. The Kier molecular flexibility index (Phi) is 5.75. The normalized spacial score (nSPS) is 14.8. The highest BCUT2D eigenvalue weighted by atomic mass is 32.1. The van der Waals surface area contributed by atoms with Gasteiger partial charge in [-0.3, -0.25) is 0 Å². The molecule has 0 aliphatic heterocycles. The number of hydrogen-bond donors (Lipinski definition) is 2. The monoisotopic (exact) mass is 285 g/mol. The van der Waals surface area contributed by atoms with Crippen molar-refractivity contribution in [1.29, 1.82) is 0 Å². The van der Waals surface area contributed by atoms with Gasteiger partial charge in [-0.25, -0.2) is 9.78 Å². The molecule has 0 bridgehead atoms. The Hall–Kier alpha value is -1.14. The Morgan fingerprint density at radius 2 is 2.16 bits per heavy atom. The average Bonchev–Trinajstić information content (AvgIpc) is 2.76. The summed E-state index contributed by atoms with van der Waals surface area (Å²) in [5.41, 5.74) is 2.37. The Morgan fingerprint density at radius 1 is 1.47 bits per heavy atom. The largest absolute Gasteiger partial charge is 0.444 e. The molecule has 0 aliphatic carbocycles. The van der Waals surface area contributed by atoms with Crippen LogP contribution >= 0.6 is 11.3 Å². The molecule has 0 saturated carbocycles. The number of nitrogens with one attached hydrogen (secondary N) is 2. The third kappa shape index (κ3) is 6.54. The van der Waals surface area contributed by atoms with E-state index in [1.165, 1.54) is 0 Å². The molecule has 6 heteroatoms. The highest BCUT2D eigenvalue weighted by Gasteiger charge is 2.18. The fraction of sp³-hybridized carbons (Fsp3) is 0.692. The number of ether oxygens (including phenoxy) is 1. The van der Waals surface area contributed by atoms with Crippen molar-refractivity contribution in [3.8, 4) is 0 Å². The number of amides is 1. The van der Waals surface area contributed by atoms with Crippen molar-refractivity contribution in [2.75, 3.05) is 6.54 Å². The highest BCUT2D eigenvalue weighted by molar-refractivity contribution is 7.07. The standard InChI is InChI=1S/C13H23N3O2S/c1-9(16-12(17)18-13(3,4)5)6-14-10(2)11-7-19-8-15-11/h7-10,14H,6H2,1-5H3,(H,16,17). The Bertz CT molecular complexity index is 387. The summed E-state index contributed by atoms with van der Waals surface area (Å²) in [5, 5.41) is 8.14. The zero-order valence-electron chi connectivity index (χ0n) is 12.2. The quantitative estimate of drug-likeness (QED) is 0.873. The second kappa shape index (κ2) is 6.86. The van der Waals surface area contributed by atoms with Gasteiger partial charge >= 0.3 is 6.09 Å². The van der Waals surface area contributed by atoms with Crippen LogP contribution in [0.4, 0.5) is 4.79 Å². The van der Waals surface area contributed by atoms with Gasteiger partial charge in [0, 0.05) is 24.0 Å². The van der Waals surface area contributed by atoms with E-state index < -0.39 is 5.60 Å². The van der Waals surface area contributed by atoms with Crippen LogP contribution in [-0.2, 0) is 4.74 Å². The smallest absolute Gasteiger partial charge is 0.407 e. The van der Waals surface area contributed by atoms with Gasteiger partial charge in [0.2, 0.25) is 0 Å². The van der Waals surface area contributed by atoms with Crippen molar-refractivity contribution in [3.63, 3.8) is 0 Å². The average molecular weight is 285 g/mol. The number of aromatic nitrogens is 1. The summed E-state index contributed by atoms with van der Waals surface area (Å²) in [4.78, 5) is 15.8. The van der Waals surface area contributed by atoms with Crippen molar-refractivity contribution >= 4 is 17.4 Å². The minimum Gasteiger partial charge on any atom is -0.444 e. The zero-order chi connectivity index (χ0) is 14.5. The summed E-state index contributed by atoms with van der Waals surface area (Å²) in [5.74, 6) is 0. The molecule has 108 valence electrons. The number of hydrogen-bond acceptors (Lipinski definition) is 5. The lowest BCUT2D eigenvalue weighted by Gasteiger charge is -2.22. The lowest BCUT2D eigenvalue weighted by molar-refractivity contribution is 0.0507. The molecule has 1 heterocycles. The van der Waals surface area contributed by atoms with E-state index in [0.29, 0.717) is 6.54 Å². The number of carbonyl (C=O) groups is 1. The number of thiazole rings is 1. The zero-order valence-corrected chi connectivity index (χ0v) is 13.0. The molecule has 19 heavy (non-hydrogen) atoms. The van der Waals surface area contributed by atoms with Gasteiger partial charge < -0.3 is 15.4 Å². The predicted molar refractivity (Wildman–Crippen MR) is 77.4 cm³/mol. The number of rotatable bonds is 5. The first kappa shape index (κ1) is 15.9. The van der Waals surface area contributed by atoms with E-state index in [9.17, 15) is 4.79 Å². The van der Waals surface area contributed by atoms with Gasteiger partial charge in [0.25, 0.3) is 0 Å². The van der Waals surface area contributed by atoms with E-state index in [2.05, 4.69) is 22.5 Å². The van der Waals surface area contributed by atoms with Crippen LogP contribution in [0, 0.1) is 0 Å². The predicted octanol–water partition coefficient (Wildman–Crippen LogP) is 2.71. The molecule has 0 fully saturated rings. The van der Waals surface area contributed by atoms with Gasteiger partial charge in [-0.05, 0) is 34.6 Å². The number of alkyl carbamates (subject to hydrolysis) is 1. The summed E-state index contributed by atoms with van der Waals surface area (Å²) in [6, 6.07) is 0.171.